The summed E-state index contributed by atoms with van der Waals surface area (Å²) in [5, 5.41) is 10.6. The van der Waals surface area contributed by atoms with Gasteiger partial charge in [-0.3, -0.25) is 5.10 Å². The highest BCUT2D eigenvalue weighted by molar-refractivity contribution is 5.78. The maximum atomic E-state index is 13.6. The molecule has 0 fully saturated rings. The van der Waals surface area contributed by atoms with Crippen molar-refractivity contribution >= 4 is 11.0 Å². The minimum absolute atomic E-state index is 0.264. The van der Waals surface area contributed by atoms with Crippen molar-refractivity contribution in [3.63, 3.8) is 0 Å². The molecule has 0 radical (unpaired) electrons. The molecule has 19 heavy (non-hydrogen) atoms. The standard InChI is InChI=1S/C13H13FN4O/c1-2-15-11(13-16-7-17-18-13)10-6-8-4-3-5-9(14)12(8)19-10/h3-7,11,15H,2H2,1H3,(H,16,17,18). The summed E-state index contributed by atoms with van der Waals surface area (Å²) in [6, 6.07) is 6.41. The summed E-state index contributed by atoms with van der Waals surface area (Å²) >= 11 is 0. The Morgan fingerprint density at radius 3 is 3.05 bits per heavy atom. The van der Waals surface area contributed by atoms with Crippen LogP contribution in [0.1, 0.15) is 24.6 Å². The molecule has 2 N–H and O–H groups in total. The van der Waals surface area contributed by atoms with E-state index in [2.05, 4.69) is 20.5 Å². The van der Waals surface area contributed by atoms with Crippen LogP contribution in [0.2, 0.25) is 0 Å². The quantitative estimate of drug-likeness (QED) is 0.756. The molecule has 1 atom stereocenters. The Hall–Kier alpha value is -2.21. The maximum absolute atomic E-state index is 13.6. The number of benzene rings is 1. The van der Waals surface area contributed by atoms with Crippen molar-refractivity contribution in [2.24, 2.45) is 0 Å². The third-order valence-corrected chi connectivity index (χ3v) is 2.91. The fourth-order valence-corrected chi connectivity index (χ4v) is 2.08. The van der Waals surface area contributed by atoms with E-state index in [1.807, 2.05) is 19.1 Å². The third kappa shape index (κ3) is 2.10. The third-order valence-electron chi connectivity index (χ3n) is 2.91. The number of nitrogens with zero attached hydrogens (tertiary/aromatic N) is 2. The molecule has 0 aliphatic carbocycles. The molecular formula is C13H13FN4O. The van der Waals surface area contributed by atoms with Gasteiger partial charge in [0.15, 0.2) is 11.4 Å². The SMILES string of the molecule is CCNC(c1ncn[nH]1)c1cc2cccc(F)c2o1. The van der Waals surface area contributed by atoms with E-state index in [-0.39, 0.29) is 17.4 Å². The van der Waals surface area contributed by atoms with Gasteiger partial charge in [-0.2, -0.15) is 5.10 Å². The molecule has 0 bridgehead atoms. The molecule has 5 nitrogen and oxygen atoms in total. The van der Waals surface area contributed by atoms with Gasteiger partial charge < -0.3 is 9.73 Å². The molecule has 1 aromatic carbocycles. The molecule has 0 aliphatic rings. The van der Waals surface area contributed by atoms with Gasteiger partial charge in [0.2, 0.25) is 0 Å². The number of aromatic nitrogens is 3. The number of aromatic amines is 1. The lowest BCUT2D eigenvalue weighted by Crippen LogP contribution is -2.22. The number of fused-ring (bicyclic) bond motifs is 1. The van der Waals surface area contributed by atoms with Gasteiger partial charge in [-0.05, 0) is 18.7 Å². The fourth-order valence-electron chi connectivity index (χ4n) is 2.08. The number of rotatable bonds is 4. The minimum atomic E-state index is -0.364. The summed E-state index contributed by atoms with van der Waals surface area (Å²) in [6.45, 7) is 2.71. The molecule has 1 unspecified atom stereocenters. The highest BCUT2D eigenvalue weighted by Crippen LogP contribution is 2.28. The predicted molar refractivity (Wildman–Crippen MR) is 68.1 cm³/mol. The first-order valence-electron chi connectivity index (χ1n) is 6.06. The van der Waals surface area contributed by atoms with Crippen molar-refractivity contribution in [1.29, 1.82) is 0 Å². The highest BCUT2D eigenvalue weighted by Gasteiger charge is 2.21. The normalized spacial score (nSPS) is 12.9. The van der Waals surface area contributed by atoms with E-state index < -0.39 is 0 Å². The lowest BCUT2D eigenvalue weighted by molar-refractivity contribution is 0.454. The van der Waals surface area contributed by atoms with E-state index in [4.69, 9.17) is 4.42 Å². The average Bonchev–Trinajstić information content (AvgIpc) is 3.05. The second kappa shape index (κ2) is 4.81. The number of H-pyrrole nitrogens is 1. The molecule has 2 aromatic heterocycles. The van der Waals surface area contributed by atoms with E-state index in [9.17, 15) is 4.39 Å². The second-order valence-electron chi connectivity index (χ2n) is 4.17. The Morgan fingerprint density at radius 1 is 1.47 bits per heavy atom. The van der Waals surface area contributed by atoms with Gasteiger partial charge in [-0.25, -0.2) is 9.37 Å². The van der Waals surface area contributed by atoms with Crippen LogP contribution in [-0.4, -0.2) is 21.7 Å². The van der Waals surface area contributed by atoms with E-state index in [0.717, 1.165) is 11.9 Å². The Kier molecular flexibility index (Phi) is 3.00. The van der Waals surface area contributed by atoms with Crippen LogP contribution in [0.15, 0.2) is 35.0 Å². The van der Waals surface area contributed by atoms with E-state index in [1.54, 1.807) is 6.07 Å². The summed E-state index contributed by atoms with van der Waals surface area (Å²) in [6.07, 6.45) is 1.43. The Morgan fingerprint density at radius 2 is 2.37 bits per heavy atom. The molecule has 3 rings (SSSR count). The van der Waals surface area contributed by atoms with Crippen LogP contribution in [0.25, 0.3) is 11.0 Å². The average molecular weight is 260 g/mol. The summed E-state index contributed by atoms with van der Waals surface area (Å²) in [5.41, 5.74) is 0.264. The van der Waals surface area contributed by atoms with E-state index in [0.29, 0.717) is 11.6 Å². The molecule has 0 saturated carbocycles. The first kappa shape index (κ1) is 11.9. The molecule has 6 heteroatoms. The fraction of sp³-hybridized carbons (Fsp3) is 0.231. The van der Waals surface area contributed by atoms with E-state index in [1.165, 1.54) is 12.4 Å². The van der Waals surface area contributed by atoms with Crippen molar-refractivity contribution in [2.75, 3.05) is 6.54 Å². The van der Waals surface area contributed by atoms with Gasteiger partial charge in [-0.15, -0.1) is 0 Å². The highest BCUT2D eigenvalue weighted by atomic mass is 19.1. The molecule has 2 heterocycles. The van der Waals surface area contributed by atoms with Crippen LogP contribution >= 0.6 is 0 Å². The van der Waals surface area contributed by atoms with Gasteiger partial charge in [0.25, 0.3) is 0 Å². The van der Waals surface area contributed by atoms with Crippen LogP contribution in [0.4, 0.5) is 4.39 Å². The van der Waals surface area contributed by atoms with Gasteiger partial charge in [-0.1, -0.05) is 19.1 Å². The Balaban J connectivity index is 2.08. The van der Waals surface area contributed by atoms with Crippen molar-refractivity contribution in [3.8, 4) is 0 Å². The van der Waals surface area contributed by atoms with Gasteiger partial charge >= 0.3 is 0 Å². The Labute approximate surface area is 108 Å². The maximum Gasteiger partial charge on any atom is 0.169 e. The first-order valence-corrected chi connectivity index (χ1v) is 6.06. The molecule has 0 saturated heterocycles. The lowest BCUT2D eigenvalue weighted by atomic mass is 10.2. The zero-order valence-corrected chi connectivity index (χ0v) is 10.4. The van der Waals surface area contributed by atoms with Crippen molar-refractivity contribution < 1.29 is 8.81 Å². The minimum Gasteiger partial charge on any atom is -0.456 e. The molecule has 0 aliphatic heterocycles. The van der Waals surface area contributed by atoms with Crippen molar-refractivity contribution in [3.05, 3.63) is 48.0 Å². The number of para-hydroxylation sites is 1. The van der Waals surface area contributed by atoms with Crippen LogP contribution in [0.3, 0.4) is 0 Å². The smallest absolute Gasteiger partial charge is 0.169 e. The van der Waals surface area contributed by atoms with Crippen LogP contribution in [-0.2, 0) is 0 Å². The zero-order valence-electron chi connectivity index (χ0n) is 10.4. The van der Waals surface area contributed by atoms with Crippen molar-refractivity contribution in [2.45, 2.75) is 13.0 Å². The Bertz CT molecular complexity index is 677. The van der Waals surface area contributed by atoms with Crippen molar-refractivity contribution in [1.82, 2.24) is 20.5 Å². The molecule has 0 spiro atoms. The van der Waals surface area contributed by atoms with Crippen LogP contribution in [0.5, 0.6) is 0 Å². The number of nitrogens with one attached hydrogen (secondary N) is 2. The largest absolute Gasteiger partial charge is 0.456 e. The van der Waals surface area contributed by atoms with Gasteiger partial charge in [0.05, 0.1) is 0 Å². The molecule has 3 aromatic rings. The second-order valence-corrected chi connectivity index (χ2v) is 4.17. The number of hydrogen-bond donors (Lipinski definition) is 2. The summed E-state index contributed by atoms with van der Waals surface area (Å²) < 4.78 is 19.3. The predicted octanol–water partition coefficient (Wildman–Crippen LogP) is 2.39. The lowest BCUT2D eigenvalue weighted by Gasteiger charge is -2.11. The van der Waals surface area contributed by atoms with Crippen LogP contribution < -0.4 is 5.32 Å². The number of furan rings is 1. The van der Waals surface area contributed by atoms with E-state index >= 15 is 0 Å². The monoisotopic (exact) mass is 260 g/mol. The number of halogens is 1. The summed E-state index contributed by atoms with van der Waals surface area (Å²) in [4.78, 5) is 4.12. The summed E-state index contributed by atoms with van der Waals surface area (Å²) in [5.74, 6) is 0.886. The van der Waals surface area contributed by atoms with Gasteiger partial charge in [0, 0.05) is 5.39 Å². The van der Waals surface area contributed by atoms with Gasteiger partial charge in [0.1, 0.15) is 24.0 Å². The molecule has 98 valence electrons. The summed E-state index contributed by atoms with van der Waals surface area (Å²) in [7, 11) is 0. The number of hydrogen-bond acceptors (Lipinski definition) is 4. The first-order chi connectivity index (χ1) is 9.29. The molecular weight excluding hydrogens is 247 g/mol. The topological polar surface area (TPSA) is 66.7 Å². The van der Waals surface area contributed by atoms with Crippen LogP contribution in [0, 0.1) is 5.82 Å². The zero-order chi connectivity index (χ0) is 13.2. The molecule has 0 amide bonds.